The third-order valence-corrected chi connectivity index (χ3v) is 7.76. The fraction of sp³-hybridized carbons (Fsp3) is 0.810. The third kappa shape index (κ3) is 2.35. The molecule has 4 aliphatic carbocycles. The van der Waals surface area contributed by atoms with E-state index in [-0.39, 0.29) is 5.41 Å². The van der Waals surface area contributed by atoms with Gasteiger partial charge >= 0.3 is 0 Å². The first-order valence-electron chi connectivity index (χ1n) is 9.59. The third-order valence-electron chi connectivity index (χ3n) is 7.76. The number of hydrogen-bond donors (Lipinski definition) is 0. The van der Waals surface area contributed by atoms with Gasteiger partial charge in [0.15, 0.2) is 0 Å². The molecule has 0 aromatic heterocycles. The molecule has 0 saturated heterocycles. The molecule has 0 bridgehead atoms. The van der Waals surface area contributed by atoms with Crippen molar-refractivity contribution in [2.45, 2.75) is 71.6 Å². The summed E-state index contributed by atoms with van der Waals surface area (Å²) in [6.07, 6.45) is 12.4. The summed E-state index contributed by atoms with van der Waals surface area (Å²) in [4.78, 5) is 0. The van der Waals surface area contributed by atoms with Gasteiger partial charge in [-0.25, -0.2) is 8.78 Å². The van der Waals surface area contributed by atoms with E-state index in [1.165, 1.54) is 19.3 Å². The molecule has 0 aromatic carbocycles. The molecule has 128 valence electrons. The maximum Gasteiger partial charge on any atom is 0.248 e. The molecular formula is C21H30F2. The van der Waals surface area contributed by atoms with Crippen LogP contribution in [0.1, 0.15) is 65.7 Å². The molecule has 0 nitrogen and oxygen atoms in total. The van der Waals surface area contributed by atoms with Crippen LogP contribution in [-0.4, -0.2) is 5.92 Å². The van der Waals surface area contributed by atoms with Gasteiger partial charge in [-0.15, -0.1) is 0 Å². The fourth-order valence-corrected chi connectivity index (χ4v) is 6.80. The first-order valence-corrected chi connectivity index (χ1v) is 9.59. The first kappa shape index (κ1) is 15.8. The molecule has 0 N–H and O–H groups in total. The van der Waals surface area contributed by atoms with Crippen LogP contribution in [0, 0.1) is 35.0 Å². The monoisotopic (exact) mass is 320 g/mol. The standard InChI is InChI=1S/C21H30F2/c1-13-4-6-15-14(12-13)5-7-17-16(15)10-11-20(2)18(17)8-9-19(20)21(3,22)23/h6,12-13,16-19H,4-5,7-11H2,1-3H3. The quantitative estimate of drug-likeness (QED) is 0.525. The van der Waals surface area contributed by atoms with Crippen molar-refractivity contribution in [2.75, 3.05) is 0 Å². The lowest BCUT2D eigenvalue weighted by molar-refractivity contribution is -0.109. The highest BCUT2D eigenvalue weighted by Crippen LogP contribution is 2.65. The number of alkyl halides is 2. The molecule has 3 saturated carbocycles. The van der Waals surface area contributed by atoms with E-state index in [4.69, 9.17) is 0 Å². The number of hydrogen-bond acceptors (Lipinski definition) is 0. The normalized spacial score (nSPS) is 46.4. The summed E-state index contributed by atoms with van der Waals surface area (Å²) < 4.78 is 28.3. The Balaban J connectivity index is 1.63. The Hall–Kier alpha value is -0.660. The van der Waals surface area contributed by atoms with Crippen LogP contribution in [0.25, 0.3) is 0 Å². The smallest absolute Gasteiger partial charge is 0.207 e. The Morgan fingerprint density at radius 2 is 1.96 bits per heavy atom. The fourth-order valence-electron chi connectivity index (χ4n) is 6.80. The zero-order chi connectivity index (χ0) is 16.4. The topological polar surface area (TPSA) is 0 Å². The van der Waals surface area contributed by atoms with Gasteiger partial charge < -0.3 is 0 Å². The lowest BCUT2D eigenvalue weighted by atomic mass is 9.52. The van der Waals surface area contributed by atoms with Gasteiger partial charge in [0.05, 0.1) is 0 Å². The number of allylic oxidation sites excluding steroid dienone is 4. The molecule has 6 unspecified atom stereocenters. The lowest BCUT2D eigenvalue weighted by Gasteiger charge is -2.52. The molecule has 2 heteroatoms. The van der Waals surface area contributed by atoms with Crippen molar-refractivity contribution < 1.29 is 8.78 Å². The molecule has 4 aliphatic rings. The molecule has 6 atom stereocenters. The minimum absolute atomic E-state index is 0.136. The van der Waals surface area contributed by atoms with Gasteiger partial charge in [-0.3, -0.25) is 0 Å². The summed E-state index contributed by atoms with van der Waals surface area (Å²) in [5, 5.41) is 0. The second-order valence-electron chi connectivity index (χ2n) is 9.11. The van der Waals surface area contributed by atoms with Gasteiger partial charge in [-0.1, -0.05) is 26.0 Å². The predicted molar refractivity (Wildman–Crippen MR) is 90.3 cm³/mol. The second-order valence-corrected chi connectivity index (χ2v) is 9.11. The van der Waals surface area contributed by atoms with Crippen molar-refractivity contribution in [1.29, 1.82) is 0 Å². The van der Waals surface area contributed by atoms with E-state index in [1.54, 1.807) is 11.1 Å². The van der Waals surface area contributed by atoms with E-state index < -0.39 is 11.8 Å². The molecule has 0 amide bonds. The Morgan fingerprint density at radius 3 is 2.70 bits per heavy atom. The molecule has 0 spiro atoms. The number of rotatable bonds is 1. The van der Waals surface area contributed by atoms with Crippen molar-refractivity contribution >= 4 is 0 Å². The highest BCUT2D eigenvalue weighted by molar-refractivity contribution is 5.40. The molecule has 0 radical (unpaired) electrons. The van der Waals surface area contributed by atoms with Crippen molar-refractivity contribution in [3.63, 3.8) is 0 Å². The highest BCUT2D eigenvalue weighted by atomic mass is 19.3. The van der Waals surface area contributed by atoms with Crippen molar-refractivity contribution in [2.24, 2.45) is 35.0 Å². The average Bonchev–Trinajstić information content (AvgIpc) is 2.84. The molecule has 4 rings (SSSR count). The summed E-state index contributed by atoms with van der Waals surface area (Å²) in [7, 11) is 0. The predicted octanol–water partition coefficient (Wildman–Crippen LogP) is 6.39. The highest BCUT2D eigenvalue weighted by Gasteiger charge is 2.60. The van der Waals surface area contributed by atoms with E-state index in [0.717, 1.165) is 32.6 Å². The molecule has 3 fully saturated rings. The largest absolute Gasteiger partial charge is 0.248 e. The van der Waals surface area contributed by atoms with Crippen LogP contribution in [0.2, 0.25) is 0 Å². The van der Waals surface area contributed by atoms with Crippen molar-refractivity contribution in [3.8, 4) is 0 Å². The molecule has 0 aliphatic heterocycles. The maximum absolute atomic E-state index is 14.2. The molecular weight excluding hydrogens is 290 g/mol. The van der Waals surface area contributed by atoms with Gasteiger partial charge in [0.1, 0.15) is 0 Å². The van der Waals surface area contributed by atoms with Gasteiger partial charge in [-0.05, 0) is 92.1 Å². The summed E-state index contributed by atoms with van der Waals surface area (Å²) in [6.45, 7) is 5.64. The summed E-state index contributed by atoms with van der Waals surface area (Å²) >= 11 is 0. The van der Waals surface area contributed by atoms with E-state index in [2.05, 4.69) is 26.0 Å². The molecule has 0 aromatic rings. The van der Waals surface area contributed by atoms with Gasteiger partial charge in [0.2, 0.25) is 5.92 Å². The van der Waals surface area contributed by atoms with Crippen LogP contribution in [-0.2, 0) is 0 Å². The number of halogens is 2. The minimum Gasteiger partial charge on any atom is -0.207 e. The molecule has 0 heterocycles. The Bertz CT molecular complexity index is 553. The van der Waals surface area contributed by atoms with Crippen LogP contribution in [0.5, 0.6) is 0 Å². The Kier molecular flexibility index (Phi) is 3.56. The Labute approximate surface area is 139 Å². The van der Waals surface area contributed by atoms with Crippen LogP contribution < -0.4 is 0 Å². The van der Waals surface area contributed by atoms with Gasteiger partial charge in [0.25, 0.3) is 0 Å². The average molecular weight is 320 g/mol. The zero-order valence-electron chi connectivity index (χ0n) is 14.7. The van der Waals surface area contributed by atoms with Crippen LogP contribution in [0.3, 0.4) is 0 Å². The second kappa shape index (κ2) is 5.17. The summed E-state index contributed by atoms with van der Waals surface area (Å²) in [5.74, 6) is -0.427. The van der Waals surface area contributed by atoms with Crippen molar-refractivity contribution in [3.05, 3.63) is 23.3 Å². The maximum atomic E-state index is 14.2. The minimum atomic E-state index is -2.52. The lowest BCUT2D eigenvalue weighted by Crippen LogP contribution is -2.47. The van der Waals surface area contributed by atoms with E-state index in [9.17, 15) is 8.78 Å². The zero-order valence-corrected chi connectivity index (χ0v) is 14.7. The van der Waals surface area contributed by atoms with E-state index >= 15 is 0 Å². The molecule has 23 heavy (non-hydrogen) atoms. The van der Waals surface area contributed by atoms with Gasteiger partial charge in [-0.2, -0.15) is 0 Å². The van der Waals surface area contributed by atoms with E-state index in [0.29, 0.717) is 23.7 Å². The summed E-state index contributed by atoms with van der Waals surface area (Å²) in [5.41, 5.74) is 3.06. The van der Waals surface area contributed by atoms with Crippen LogP contribution in [0.15, 0.2) is 23.3 Å². The van der Waals surface area contributed by atoms with E-state index in [1.807, 2.05) is 0 Å². The van der Waals surface area contributed by atoms with Crippen molar-refractivity contribution in [1.82, 2.24) is 0 Å². The Morgan fingerprint density at radius 1 is 1.17 bits per heavy atom. The first-order chi connectivity index (χ1) is 10.8. The van der Waals surface area contributed by atoms with Crippen LogP contribution in [0.4, 0.5) is 8.78 Å². The summed E-state index contributed by atoms with van der Waals surface area (Å²) in [6, 6.07) is 0. The van der Waals surface area contributed by atoms with Crippen LogP contribution >= 0.6 is 0 Å². The number of fused-ring (bicyclic) bond motifs is 5. The van der Waals surface area contributed by atoms with Gasteiger partial charge in [0, 0.05) is 5.92 Å². The SMILES string of the molecule is CC1C=C2CCC3C(CCC4(C)C3CCC4C(C)(F)F)C2=CC1.